The minimum absolute atomic E-state index is 0.196. The van der Waals surface area contributed by atoms with Gasteiger partial charge in [0.05, 0.1) is 0 Å². The van der Waals surface area contributed by atoms with Crippen LogP contribution in [0.4, 0.5) is 5.69 Å². The Labute approximate surface area is 189 Å². The highest BCUT2D eigenvalue weighted by atomic mass is 16.6. The SMILES string of the molecule is Cc1ccc(C)c(NC(=O)c2ccc(OC(=O)COc3cc(C)ccc3C(C)C)cc2)c1. The van der Waals surface area contributed by atoms with Crippen molar-refractivity contribution in [2.24, 2.45) is 0 Å². The van der Waals surface area contributed by atoms with Gasteiger partial charge in [0.1, 0.15) is 11.5 Å². The topological polar surface area (TPSA) is 64.6 Å². The van der Waals surface area contributed by atoms with Crippen LogP contribution in [0.2, 0.25) is 0 Å². The van der Waals surface area contributed by atoms with Crippen LogP contribution >= 0.6 is 0 Å². The lowest BCUT2D eigenvalue weighted by molar-refractivity contribution is -0.136. The standard InChI is InChI=1S/C27H29NO4/c1-17(2)23-13-7-19(4)15-25(23)31-16-26(29)32-22-11-9-21(10-12-22)27(30)28-24-14-18(3)6-8-20(24)5/h6-15,17H,16H2,1-5H3,(H,28,30). The number of carbonyl (C=O) groups excluding carboxylic acids is 2. The van der Waals surface area contributed by atoms with E-state index in [4.69, 9.17) is 9.47 Å². The van der Waals surface area contributed by atoms with Crippen molar-refractivity contribution in [2.75, 3.05) is 11.9 Å². The molecule has 0 aliphatic rings. The van der Waals surface area contributed by atoms with Gasteiger partial charge in [0, 0.05) is 11.3 Å². The Morgan fingerprint density at radius 3 is 2.22 bits per heavy atom. The number of aryl methyl sites for hydroxylation is 3. The first-order chi connectivity index (χ1) is 15.2. The van der Waals surface area contributed by atoms with Crippen LogP contribution in [0.1, 0.15) is 52.4 Å². The van der Waals surface area contributed by atoms with Gasteiger partial charge in [0.25, 0.3) is 5.91 Å². The zero-order valence-corrected chi connectivity index (χ0v) is 19.2. The van der Waals surface area contributed by atoms with Crippen LogP contribution in [-0.2, 0) is 4.79 Å². The number of esters is 1. The van der Waals surface area contributed by atoms with Crippen molar-refractivity contribution in [1.29, 1.82) is 0 Å². The second-order valence-corrected chi connectivity index (χ2v) is 8.26. The average Bonchev–Trinajstić information content (AvgIpc) is 2.75. The number of hydrogen-bond acceptors (Lipinski definition) is 4. The molecule has 0 aromatic heterocycles. The Balaban J connectivity index is 1.58. The molecule has 3 aromatic rings. The zero-order chi connectivity index (χ0) is 23.3. The Morgan fingerprint density at radius 2 is 1.53 bits per heavy atom. The fourth-order valence-electron chi connectivity index (χ4n) is 3.28. The van der Waals surface area contributed by atoms with Crippen molar-refractivity contribution < 1.29 is 19.1 Å². The van der Waals surface area contributed by atoms with E-state index in [0.717, 1.165) is 27.9 Å². The number of benzene rings is 3. The van der Waals surface area contributed by atoms with E-state index in [1.54, 1.807) is 24.3 Å². The van der Waals surface area contributed by atoms with Gasteiger partial charge in [0.15, 0.2) is 6.61 Å². The summed E-state index contributed by atoms with van der Waals surface area (Å²) >= 11 is 0. The summed E-state index contributed by atoms with van der Waals surface area (Å²) in [5, 5.41) is 2.92. The zero-order valence-electron chi connectivity index (χ0n) is 19.2. The maximum Gasteiger partial charge on any atom is 0.349 e. The van der Waals surface area contributed by atoms with Crippen molar-refractivity contribution >= 4 is 17.6 Å². The maximum atomic E-state index is 12.5. The van der Waals surface area contributed by atoms with E-state index in [9.17, 15) is 9.59 Å². The summed E-state index contributed by atoms with van der Waals surface area (Å²) in [5.41, 5.74) is 5.42. The summed E-state index contributed by atoms with van der Waals surface area (Å²) in [7, 11) is 0. The lowest BCUT2D eigenvalue weighted by Crippen LogP contribution is -2.18. The summed E-state index contributed by atoms with van der Waals surface area (Å²) in [6.07, 6.45) is 0. The fraction of sp³-hybridized carbons (Fsp3) is 0.259. The summed E-state index contributed by atoms with van der Waals surface area (Å²) in [6, 6.07) is 18.3. The van der Waals surface area contributed by atoms with Crippen LogP contribution in [0.3, 0.4) is 0 Å². The molecule has 5 nitrogen and oxygen atoms in total. The van der Waals surface area contributed by atoms with Gasteiger partial charge in [-0.15, -0.1) is 0 Å². The third kappa shape index (κ3) is 5.97. The highest BCUT2D eigenvalue weighted by Gasteiger charge is 2.13. The third-order valence-electron chi connectivity index (χ3n) is 5.13. The molecule has 0 unspecified atom stereocenters. The monoisotopic (exact) mass is 431 g/mol. The third-order valence-corrected chi connectivity index (χ3v) is 5.13. The largest absolute Gasteiger partial charge is 0.482 e. The van der Waals surface area contributed by atoms with Crippen LogP contribution in [0, 0.1) is 20.8 Å². The average molecular weight is 432 g/mol. The van der Waals surface area contributed by atoms with Crippen LogP contribution in [-0.4, -0.2) is 18.5 Å². The Morgan fingerprint density at radius 1 is 0.875 bits per heavy atom. The first-order valence-corrected chi connectivity index (χ1v) is 10.7. The Hall–Kier alpha value is -3.60. The molecule has 1 amide bonds. The molecule has 3 aromatic carbocycles. The molecule has 0 atom stereocenters. The van der Waals surface area contributed by atoms with Gasteiger partial charge < -0.3 is 14.8 Å². The molecule has 1 N–H and O–H groups in total. The highest BCUT2D eigenvalue weighted by molar-refractivity contribution is 6.04. The summed E-state index contributed by atoms with van der Waals surface area (Å²) in [6.45, 7) is 9.86. The second kappa shape index (κ2) is 10.1. The fourth-order valence-corrected chi connectivity index (χ4v) is 3.28. The molecule has 0 fully saturated rings. The van der Waals surface area contributed by atoms with Crippen LogP contribution < -0.4 is 14.8 Å². The first-order valence-electron chi connectivity index (χ1n) is 10.7. The van der Waals surface area contributed by atoms with E-state index in [1.807, 2.05) is 57.2 Å². The molecule has 0 radical (unpaired) electrons. The van der Waals surface area contributed by atoms with E-state index < -0.39 is 5.97 Å². The molecule has 3 rings (SSSR count). The smallest absolute Gasteiger partial charge is 0.349 e. The van der Waals surface area contributed by atoms with Gasteiger partial charge in [-0.2, -0.15) is 0 Å². The second-order valence-electron chi connectivity index (χ2n) is 8.26. The molecular weight excluding hydrogens is 402 g/mol. The molecule has 0 aliphatic heterocycles. The van der Waals surface area contributed by atoms with Crippen molar-refractivity contribution in [3.05, 3.63) is 88.5 Å². The van der Waals surface area contributed by atoms with E-state index in [-0.39, 0.29) is 18.4 Å². The number of ether oxygens (including phenoxy) is 2. The van der Waals surface area contributed by atoms with Gasteiger partial charge in [-0.05, 0) is 85.3 Å². The summed E-state index contributed by atoms with van der Waals surface area (Å²) in [5.74, 6) is 0.601. The van der Waals surface area contributed by atoms with Gasteiger partial charge in [-0.3, -0.25) is 4.79 Å². The highest BCUT2D eigenvalue weighted by Crippen LogP contribution is 2.27. The van der Waals surface area contributed by atoms with Gasteiger partial charge in [0.2, 0.25) is 0 Å². The summed E-state index contributed by atoms with van der Waals surface area (Å²) in [4.78, 5) is 24.8. The molecule has 0 saturated heterocycles. The quantitative estimate of drug-likeness (QED) is 0.370. The van der Waals surface area contributed by atoms with Crippen LogP contribution in [0.25, 0.3) is 0 Å². The van der Waals surface area contributed by atoms with Gasteiger partial charge in [-0.25, -0.2) is 4.79 Å². The molecular formula is C27H29NO4. The summed E-state index contributed by atoms with van der Waals surface area (Å²) < 4.78 is 11.1. The molecule has 166 valence electrons. The van der Waals surface area contributed by atoms with Crippen molar-refractivity contribution in [2.45, 2.75) is 40.5 Å². The van der Waals surface area contributed by atoms with Crippen LogP contribution in [0.15, 0.2) is 60.7 Å². The lowest BCUT2D eigenvalue weighted by atomic mass is 10.0. The number of rotatable bonds is 7. The number of nitrogens with one attached hydrogen (secondary N) is 1. The maximum absolute atomic E-state index is 12.5. The molecule has 0 heterocycles. The van der Waals surface area contributed by atoms with E-state index in [1.165, 1.54) is 0 Å². The van der Waals surface area contributed by atoms with Gasteiger partial charge >= 0.3 is 5.97 Å². The predicted molar refractivity (Wildman–Crippen MR) is 127 cm³/mol. The van der Waals surface area contributed by atoms with Crippen molar-refractivity contribution in [1.82, 2.24) is 0 Å². The van der Waals surface area contributed by atoms with Crippen molar-refractivity contribution in [3.8, 4) is 11.5 Å². The number of amides is 1. The van der Waals surface area contributed by atoms with E-state index >= 15 is 0 Å². The molecule has 0 spiro atoms. The lowest BCUT2D eigenvalue weighted by Gasteiger charge is -2.14. The minimum Gasteiger partial charge on any atom is -0.482 e. The number of anilines is 1. The van der Waals surface area contributed by atoms with E-state index in [2.05, 4.69) is 19.2 Å². The number of hydrogen-bond donors (Lipinski definition) is 1. The Bertz CT molecular complexity index is 1120. The molecule has 0 aliphatic carbocycles. The predicted octanol–water partition coefficient (Wildman–Crippen LogP) is 5.97. The molecule has 0 bridgehead atoms. The Kier molecular flexibility index (Phi) is 7.31. The number of carbonyl (C=O) groups is 2. The van der Waals surface area contributed by atoms with E-state index in [0.29, 0.717) is 17.1 Å². The normalized spacial score (nSPS) is 10.7. The molecule has 32 heavy (non-hydrogen) atoms. The van der Waals surface area contributed by atoms with Crippen molar-refractivity contribution in [3.63, 3.8) is 0 Å². The molecule has 5 heteroatoms. The first kappa shape index (κ1) is 23.1. The van der Waals surface area contributed by atoms with Crippen LogP contribution in [0.5, 0.6) is 11.5 Å². The molecule has 0 saturated carbocycles. The van der Waals surface area contributed by atoms with Gasteiger partial charge in [-0.1, -0.05) is 38.1 Å². The minimum atomic E-state index is -0.506.